The molecule has 0 atom stereocenters. The number of hydrogen-bond acceptors (Lipinski definition) is 6. The Labute approximate surface area is 213 Å². The molecule has 0 saturated carbocycles. The number of hydrogen-bond donors (Lipinski definition) is 2. The summed E-state index contributed by atoms with van der Waals surface area (Å²) in [6.45, 7) is -0.232. The fraction of sp³-hybridized carbons (Fsp3) is 0.273. The maximum absolute atomic E-state index is 13.7. The molecule has 0 fully saturated rings. The van der Waals surface area contributed by atoms with Gasteiger partial charge in [-0.2, -0.15) is 26.3 Å². The molecule has 0 aliphatic carbocycles. The van der Waals surface area contributed by atoms with Crippen LogP contribution in [0.1, 0.15) is 31.9 Å². The summed E-state index contributed by atoms with van der Waals surface area (Å²) in [6, 6.07) is 4.13. The molecule has 2 aliphatic heterocycles. The van der Waals surface area contributed by atoms with Crippen LogP contribution in [-0.4, -0.2) is 39.4 Å². The number of thiophene rings is 1. The molecule has 7 nitrogen and oxygen atoms in total. The topological polar surface area (TPSA) is 87.2 Å². The highest BCUT2D eigenvalue weighted by atomic mass is 35.5. The Balaban J connectivity index is 1.48. The van der Waals surface area contributed by atoms with Gasteiger partial charge in [-0.15, -0.1) is 11.3 Å². The van der Waals surface area contributed by atoms with E-state index in [1.54, 1.807) is 0 Å². The number of amides is 2. The lowest BCUT2D eigenvalue weighted by molar-refractivity contribution is -0.186. The van der Waals surface area contributed by atoms with Crippen LogP contribution >= 0.6 is 22.9 Å². The maximum atomic E-state index is 13.7. The Morgan fingerprint density at radius 3 is 2.46 bits per heavy atom. The number of nitrogens with one attached hydrogen (secondary N) is 2. The van der Waals surface area contributed by atoms with Crippen molar-refractivity contribution in [3.8, 4) is 10.6 Å². The smallest absolute Gasteiger partial charge is 0.352 e. The molecule has 37 heavy (non-hydrogen) atoms. The second-order valence-electron chi connectivity index (χ2n) is 8.29. The number of halogens is 7. The fourth-order valence-corrected chi connectivity index (χ4v) is 5.50. The van der Waals surface area contributed by atoms with Gasteiger partial charge in [0, 0.05) is 30.7 Å². The molecule has 0 radical (unpaired) electrons. The van der Waals surface area contributed by atoms with E-state index in [4.69, 9.17) is 11.6 Å². The SMILES string of the molecule is O=C1NCCc2sc(-c3nc(Nc4cc5c(cc4Cl)CN(C(=O)C(F)(F)F)C5)ncc3C(F)(F)F)cc21. The zero-order valence-electron chi connectivity index (χ0n) is 18.3. The van der Waals surface area contributed by atoms with Gasteiger partial charge in [0.05, 0.1) is 26.8 Å². The molecule has 3 aromatic rings. The number of nitrogens with zero attached hydrogens (tertiary/aromatic N) is 3. The second kappa shape index (κ2) is 8.87. The van der Waals surface area contributed by atoms with Crippen molar-refractivity contribution in [1.29, 1.82) is 0 Å². The summed E-state index contributed by atoms with van der Waals surface area (Å²) in [6.07, 6.45) is -8.73. The van der Waals surface area contributed by atoms with Crippen molar-refractivity contribution < 1.29 is 35.9 Å². The summed E-state index contributed by atoms with van der Waals surface area (Å²) in [5.74, 6) is -2.62. The Bertz CT molecular complexity index is 1440. The van der Waals surface area contributed by atoms with Gasteiger partial charge in [-0.25, -0.2) is 9.97 Å². The number of carbonyl (C=O) groups is 2. The Morgan fingerprint density at radius 1 is 1.11 bits per heavy atom. The van der Waals surface area contributed by atoms with Gasteiger partial charge in [-0.05, 0) is 35.7 Å². The fourth-order valence-electron chi connectivity index (χ4n) is 4.11. The zero-order chi connectivity index (χ0) is 26.7. The number of fused-ring (bicyclic) bond motifs is 2. The van der Waals surface area contributed by atoms with Crippen molar-refractivity contribution in [2.24, 2.45) is 0 Å². The van der Waals surface area contributed by atoms with Crippen molar-refractivity contribution in [2.75, 3.05) is 11.9 Å². The Morgan fingerprint density at radius 2 is 1.81 bits per heavy atom. The van der Waals surface area contributed by atoms with Crippen molar-refractivity contribution in [3.05, 3.63) is 56.5 Å². The van der Waals surface area contributed by atoms with Crippen molar-refractivity contribution in [2.45, 2.75) is 31.9 Å². The van der Waals surface area contributed by atoms with Crippen molar-refractivity contribution in [1.82, 2.24) is 20.2 Å². The van der Waals surface area contributed by atoms with E-state index < -0.39 is 29.5 Å². The minimum Gasteiger partial charge on any atom is -0.352 e. The average Bonchev–Trinajstić information content (AvgIpc) is 3.42. The predicted molar refractivity (Wildman–Crippen MR) is 121 cm³/mol. The molecule has 5 rings (SSSR count). The summed E-state index contributed by atoms with van der Waals surface area (Å²) < 4.78 is 79.7. The van der Waals surface area contributed by atoms with Crippen LogP contribution in [0.2, 0.25) is 5.02 Å². The average molecular weight is 562 g/mol. The number of rotatable bonds is 3. The largest absolute Gasteiger partial charge is 0.471 e. The number of alkyl halides is 6. The molecular formula is C22H14ClF6N5O2S. The van der Waals surface area contributed by atoms with E-state index in [0.717, 1.165) is 11.3 Å². The van der Waals surface area contributed by atoms with Gasteiger partial charge in [0.1, 0.15) is 5.56 Å². The first-order valence-corrected chi connectivity index (χ1v) is 11.8. The maximum Gasteiger partial charge on any atom is 0.471 e. The first-order chi connectivity index (χ1) is 17.3. The zero-order valence-corrected chi connectivity index (χ0v) is 19.9. The number of benzene rings is 1. The Hall–Kier alpha value is -3.39. The Kier molecular flexibility index (Phi) is 6.06. The monoisotopic (exact) mass is 561 g/mol. The predicted octanol–water partition coefficient (Wildman–Crippen LogP) is 5.31. The van der Waals surface area contributed by atoms with Gasteiger partial charge in [-0.1, -0.05) is 11.6 Å². The summed E-state index contributed by atoms with van der Waals surface area (Å²) >= 11 is 7.28. The van der Waals surface area contributed by atoms with E-state index in [1.165, 1.54) is 18.2 Å². The van der Waals surface area contributed by atoms with Crippen molar-refractivity contribution in [3.63, 3.8) is 0 Å². The van der Waals surface area contributed by atoms with E-state index in [-0.39, 0.29) is 46.1 Å². The highest BCUT2D eigenvalue weighted by Gasteiger charge is 2.44. The van der Waals surface area contributed by atoms with Crippen LogP contribution in [0.5, 0.6) is 0 Å². The first-order valence-electron chi connectivity index (χ1n) is 10.6. The quantitative estimate of drug-likeness (QED) is 0.423. The molecule has 0 bridgehead atoms. The molecule has 2 aromatic heterocycles. The molecular weight excluding hydrogens is 548 g/mol. The van der Waals surface area contributed by atoms with E-state index in [1.807, 2.05) is 0 Å². The first kappa shape index (κ1) is 25.3. The van der Waals surface area contributed by atoms with E-state index >= 15 is 0 Å². The molecule has 2 amide bonds. The molecule has 1 aromatic carbocycles. The van der Waals surface area contributed by atoms with Crippen LogP contribution < -0.4 is 10.6 Å². The van der Waals surface area contributed by atoms with Crippen molar-refractivity contribution >= 4 is 46.4 Å². The molecule has 194 valence electrons. The molecule has 4 heterocycles. The van der Waals surface area contributed by atoms with Gasteiger partial charge in [-0.3, -0.25) is 9.59 Å². The lowest BCUT2D eigenvalue weighted by Gasteiger charge is -2.16. The highest BCUT2D eigenvalue weighted by molar-refractivity contribution is 7.15. The lowest BCUT2D eigenvalue weighted by atomic mass is 10.1. The summed E-state index contributed by atoms with van der Waals surface area (Å²) in [7, 11) is 0. The summed E-state index contributed by atoms with van der Waals surface area (Å²) in [5.41, 5.74) is -0.322. The molecule has 0 unspecified atom stereocenters. The van der Waals surface area contributed by atoms with Crippen LogP contribution in [0.4, 0.5) is 38.0 Å². The van der Waals surface area contributed by atoms with Crippen LogP contribution in [0, 0.1) is 0 Å². The second-order valence-corrected chi connectivity index (χ2v) is 9.84. The minimum atomic E-state index is -5.03. The van der Waals surface area contributed by atoms with Crippen LogP contribution in [0.15, 0.2) is 24.4 Å². The van der Waals surface area contributed by atoms with Gasteiger partial charge < -0.3 is 15.5 Å². The molecule has 2 N–H and O–H groups in total. The molecule has 0 saturated heterocycles. The van der Waals surface area contributed by atoms with Crippen LogP contribution in [0.25, 0.3) is 10.6 Å². The normalized spacial score (nSPS) is 15.3. The minimum absolute atomic E-state index is 0.0494. The third kappa shape index (κ3) is 4.82. The van der Waals surface area contributed by atoms with E-state index in [9.17, 15) is 35.9 Å². The standard InChI is InChI=1S/C22H14ClF6N5O2S/c23-13-3-9-7-34(19(36)22(27,28)29)8-10(9)4-14(13)32-20-31-6-12(21(24,25)26)17(33-20)16-5-11-15(37-16)1-2-30-18(11)35/h3-6H,1-2,7-8H2,(H,30,35)(H,31,32,33). The summed E-state index contributed by atoms with van der Waals surface area (Å²) in [5, 5.41) is 5.40. The van der Waals surface area contributed by atoms with Gasteiger partial charge in [0.15, 0.2) is 0 Å². The molecule has 0 spiro atoms. The van der Waals surface area contributed by atoms with Gasteiger partial charge in [0.2, 0.25) is 5.95 Å². The van der Waals surface area contributed by atoms with Gasteiger partial charge in [0.25, 0.3) is 5.91 Å². The third-order valence-electron chi connectivity index (χ3n) is 5.81. The highest BCUT2D eigenvalue weighted by Crippen LogP contribution is 2.41. The van der Waals surface area contributed by atoms with E-state index in [2.05, 4.69) is 20.6 Å². The number of anilines is 2. The number of aromatic nitrogens is 2. The lowest BCUT2D eigenvalue weighted by Crippen LogP contribution is -2.37. The molecule has 15 heteroatoms. The molecule has 2 aliphatic rings. The van der Waals surface area contributed by atoms with Gasteiger partial charge >= 0.3 is 18.3 Å². The van der Waals surface area contributed by atoms with E-state index in [0.29, 0.717) is 40.1 Å². The van der Waals surface area contributed by atoms with Crippen LogP contribution in [0.3, 0.4) is 0 Å². The third-order valence-corrected chi connectivity index (χ3v) is 7.32. The number of carbonyl (C=O) groups excluding carboxylic acids is 2. The van der Waals surface area contributed by atoms with Crippen LogP contribution in [-0.2, 0) is 30.5 Å². The summed E-state index contributed by atoms with van der Waals surface area (Å²) in [4.78, 5) is 32.9.